The first kappa shape index (κ1) is 59.7. The summed E-state index contributed by atoms with van der Waals surface area (Å²) in [5, 5.41) is 30.1. The molecule has 0 unspecified atom stereocenters. The fourth-order valence-electron chi connectivity index (χ4n) is 8.11. The summed E-state index contributed by atoms with van der Waals surface area (Å²) in [5.41, 5.74) is -2.01. The third-order valence-electron chi connectivity index (χ3n) is 12.6. The Labute approximate surface area is 456 Å². The summed E-state index contributed by atoms with van der Waals surface area (Å²) in [6, 6.07) is 27.0. The topological polar surface area (TPSA) is 310 Å². The van der Waals surface area contributed by atoms with Gasteiger partial charge in [0.1, 0.15) is 24.8 Å². The van der Waals surface area contributed by atoms with Gasteiger partial charge in [0, 0.05) is 127 Å². The van der Waals surface area contributed by atoms with Crippen LogP contribution in [0.15, 0.2) is 128 Å². The monoisotopic (exact) mass is 1100 g/mol. The van der Waals surface area contributed by atoms with Gasteiger partial charge in [-0.05, 0) is 37.1 Å². The average molecular weight is 1110 g/mol. The molecule has 2 heterocycles. The van der Waals surface area contributed by atoms with Crippen LogP contribution in [0.3, 0.4) is 0 Å². The highest BCUT2D eigenvalue weighted by Crippen LogP contribution is 2.30. The summed E-state index contributed by atoms with van der Waals surface area (Å²) in [4.78, 5) is 128. The second-order valence-electron chi connectivity index (χ2n) is 18.0. The fraction of sp³-hybridized carbons (Fsp3) is 0.333. The molecule has 2 aromatic heterocycles. The molecular formula is C54H60N10O16. The smallest absolute Gasteiger partial charge is 0.417 e. The van der Waals surface area contributed by atoms with Crippen molar-refractivity contribution in [2.45, 2.75) is 12.8 Å². The van der Waals surface area contributed by atoms with Gasteiger partial charge >= 0.3 is 34.7 Å². The zero-order chi connectivity index (χ0) is 57.9. The molecular weight excluding hydrogens is 1040 g/mol. The Morgan fingerprint density at radius 2 is 0.850 bits per heavy atom. The number of nitrogens with zero attached hydrogens (tertiary/aromatic N) is 8. The van der Waals surface area contributed by atoms with Crippen molar-refractivity contribution >= 4 is 46.5 Å². The zero-order valence-corrected chi connectivity index (χ0v) is 44.4. The van der Waals surface area contributed by atoms with Gasteiger partial charge in [0.2, 0.25) is 0 Å². The molecule has 26 nitrogen and oxygen atoms in total. The molecule has 0 aliphatic carbocycles. The van der Waals surface area contributed by atoms with E-state index >= 15 is 0 Å². The van der Waals surface area contributed by atoms with Crippen LogP contribution in [-0.4, -0.2) is 140 Å². The van der Waals surface area contributed by atoms with Gasteiger partial charge in [-0.2, -0.15) is 0 Å². The number of ether oxygens (including phenoxy) is 4. The minimum Gasteiger partial charge on any atom is -0.487 e. The van der Waals surface area contributed by atoms with Crippen LogP contribution >= 0.6 is 0 Å². The Hall–Kier alpha value is -9.56. The average Bonchev–Trinajstić information content (AvgIpc) is 3.47. The number of nitrogens with one attached hydrogen (secondary N) is 2. The minimum absolute atomic E-state index is 0.00683. The Morgan fingerprint density at radius 1 is 0.475 bits per heavy atom. The number of esters is 2. The van der Waals surface area contributed by atoms with Crippen molar-refractivity contribution in [3.8, 4) is 11.5 Å². The molecule has 422 valence electrons. The van der Waals surface area contributed by atoms with E-state index in [1.54, 1.807) is 60.7 Å². The number of anilines is 2. The quantitative estimate of drug-likeness (QED) is 0.0164. The fourth-order valence-corrected chi connectivity index (χ4v) is 8.11. The minimum atomic E-state index is -1.28. The lowest BCUT2D eigenvalue weighted by Crippen LogP contribution is -2.39. The van der Waals surface area contributed by atoms with Gasteiger partial charge < -0.3 is 29.6 Å². The van der Waals surface area contributed by atoms with E-state index in [1.165, 1.54) is 73.7 Å². The lowest BCUT2D eigenvalue weighted by molar-refractivity contribution is -0.386. The summed E-state index contributed by atoms with van der Waals surface area (Å²) < 4.78 is 26.6. The summed E-state index contributed by atoms with van der Waals surface area (Å²) in [6.07, 6.45) is 0.596. The Morgan fingerprint density at radius 3 is 1.21 bits per heavy atom. The molecule has 0 aliphatic rings. The van der Waals surface area contributed by atoms with Crippen molar-refractivity contribution in [1.82, 2.24) is 28.1 Å². The van der Waals surface area contributed by atoms with Crippen LogP contribution in [0.2, 0.25) is 0 Å². The first-order chi connectivity index (χ1) is 38.3. The number of carbonyl (C=O) groups is 4. The number of ketones is 2. The first-order valence-corrected chi connectivity index (χ1v) is 25.2. The van der Waals surface area contributed by atoms with E-state index in [2.05, 4.69) is 10.6 Å². The van der Waals surface area contributed by atoms with Crippen LogP contribution in [0.4, 0.5) is 23.0 Å². The van der Waals surface area contributed by atoms with Crippen molar-refractivity contribution in [1.29, 1.82) is 0 Å². The molecule has 4 aromatic carbocycles. The second kappa shape index (κ2) is 28.7. The molecule has 6 rings (SSSR count). The number of hydrogen-bond acceptors (Lipinski definition) is 20. The Balaban J connectivity index is 1.03. The number of benzene rings is 4. The highest BCUT2D eigenvalue weighted by molar-refractivity contribution is 6.29. The third kappa shape index (κ3) is 16.2. The predicted octanol–water partition coefficient (Wildman–Crippen LogP) is 2.91. The molecule has 0 radical (unpaired) electrons. The summed E-state index contributed by atoms with van der Waals surface area (Å²) >= 11 is 0. The highest BCUT2D eigenvalue weighted by Gasteiger charge is 2.23. The van der Waals surface area contributed by atoms with Crippen molar-refractivity contribution in [2.75, 3.05) is 89.4 Å². The maximum absolute atomic E-state index is 13.0. The summed E-state index contributed by atoms with van der Waals surface area (Å²) in [5.74, 6) is -2.97. The molecule has 0 saturated carbocycles. The molecule has 0 amide bonds. The van der Waals surface area contributed by atoms with Gasteiger partial charge in [-0.25, -0.2) is 19.2 Å². The van der Waals surface area contributed by atoms with E-state index in [9.17, 15) is 58.6 Å². The molecule has 26 heteroatoms. The summed E-state index contributed by atoms with van der Waals surface area (Å²) in [6.45, 7) is 1.05. The number of nitro groups is 2. The standard InChI is InChI=1S/C54H60N10O16/c1-57-45(35-47(65)59(3)53(57)71)55-21-25-61(23-11-29-77-43-19-17-39(33-41(43)63(73)74)49(67)37-13-7-5-8-14-37)27-31-79-51(69)52(70)80-32-28-62(26-22-56-46-36-48(66)60(4)54(72)58(46)2)24-12-30-78-44-20-18-40(34-42(44)64(75)76)50(68)38-15-9-6-10-16-38/h5-10,13-20,33-36,55-56H,11-12,21-32H2,1-4H3. The molecule has 2 N–H and O–H groups in total. The number of aromatic nitrogens is 4. The molecule has 0 spiro atoms. The SMILES string of the molecule is Cn1c(NCCN(CCCOc2ccc(C(=O)c3ccccc3)cc2[N+](=O)[O-])CCOC(=O)C(=O)OCCN(CCCOc2ccc(C(=O)c3ccccc3)cc2[N+](=O)[O-])CCNc2cc(=O)n(C)c(=O)n2C)cc(=O)n(C)c1=O. The largest absolute Gasteiger partial charge is 0.487 e. The van der Waals surface area contributed by atoms with Crippen LogP contribution < -0.4 is 42.6 Å². The van der Waals surface area contributed by atoms with Gasteiger partial charge in [0.25, 0.3) is 11.1 Å². The normalized spacial score (nSPS) is 11.0. The van der Waals surface area contributed by atoms with Crippen LogP contribution in [0.5, 0.6) is 11.5 Å². The van der Waals surface area contributed by atoms with Gasteiger partial charge in [-0.15, -0.1) is 0 Å². The molecule has 0 atom stereocenters. The zero-order valence-electron chi connectivity index (χ0n) is 44.4. The van der Waals surface area contributed by atoms with Gasteiger partial charge in [-0.1, -0.05) is 60.7 Å². The molecule has 0 aliphatic heterocycles. The molecule has 0 saturated heterocycles. The maximum Gasteiger partial charge on any atom is 0.417 e. The van der Waals surface area contributed by atoms with E-state index in [1.807, 2.05) is 9.80 Å². The van der Waals surface area contributed by atoms with E-state index in [-0.39, 0.29) is 113 Å². The van der Waals surface area contributed by atoms with Gasteiger partial charge in [0.15, 0.2) is 23.1 Å². The van der Waals surface area contributed by atoms with Crippen LogP contribution in [-0.2, 0) is 47.3 Å². The number of hydrogen-bond donors (Lipinski definition) is 2. The Bertz CT molecular complexity index is 3220. The van der Waals surface area contributed by atoms with Gasteiger partial charge in [0.05, 0.1) is 23.1 Å². The van der Waals surface area contributed by atoms with Gasteiger partial charge in [-0.3, -0.25) is 67.5 Å². The number of nitro benzene ring substituents is 2. The lowest BCUT2D eigenvalue weighted by Gasteiger charge is -2.23. The van der Waals surface area contributed by atoms with Crippen molar-refractivity contribution < 1.29 is 48.0 Å². The number of carbonyl (C=O) groups excluding carboxylic acids is 4. The van der Waals surface area contributed by atoms with Crippen molar-refractivity contribution in [3.63, 3.8) is 0 Å². The predicted molar refractivity (Wildman–Crippen MR) is 292 cm³/mol. The summed E-state index contributed by atoms with van der Waals surface area (Å²) in [7, 11) is 5.68. The highest BCUT2D eigenvalue weighted by atomic mass is 16.6. The van der Waals surface area contributed by atoms with Crippen LogP contribution in [0.1, 0.15) is 44.7 Å². The third-order valence-corrected chi connectivity index (χ3v) is 12.6. The van der Waals surface area contributed by atoms with E-state index in [0.717, 1.165) is 21.3 Å². The second-order valence-corrected chi connectivity index (χ2v) is 18.0. The van der Waals surface area contributed by atoms with E-state index in [0.29, 0.717) is 24.0 Å². The molecule has 0 bridgehead atoms. The number of rotatable bonds is 30. The Kier molecular flexibility index (Phi) is 21.4. The first-order valence-electron chi connectivity index (χ1n) is 25.2. The molecule has 80 heavy (non-hydrogen) atoms. The lowest BCUT2D eigenvalue weighted by atomic mass is 10.0. The molecule has 0 fully saturated rings. The van der Waals surface area contributed by atoms with Crippen molar-refractivity contribution in [2.24, 2.45) is 28.2 Å². The van der Waals surface area contributed by atoms with Crippen LogP contribution in [0, 0.1) is 20.2 Å². The maximum atomic E-state index is 13.0. The van der Waals surface area contributed by atoms with Crippen molar-refractivity contribution in [3.05, 3.63) is 193 Å². The van der Waals surface area contributed by atoms with E-state index < -0.39 is 67.2 Å². The molecule has 6 aromatic rings. The van der Waals surface area contributed by atoms with E-state index in [4.69, 9.17) is 18.9 Å². The van der Waals surface area contributed by atoms with Crippen LogP contribution in [0.25, 0.3) is 0 Å².